The lowest BCUT2D eigenvalue weighted by atomic mass is 10.0. The summed E-state index contributed by atoms with van der Waals surface area (Å²) >= 11 is 0. The van der Waals surface area contributed by atoms with Crippen molar-refractivity contribution in [1.82, 2.24) is 10.6 Å². The van der Waals surface area contributed by atoms with Gasteiger partial charge in [0, 0.05) is 24.5 Å². The summed E-state index contributed by atoms with van der Waals surface area (Å²) in [6, 6.07) is 17.9. The third-order valence-corrected chi connectivity index (χ3v) is 4.44. The quantitative estimate of drug-likeness (QED) is 0.686. The Kier molecular flexibility index (Phi) is 5.51. The molecule has 0 fully saturated rings. The second-order valence-corrected chi connectivity index (χ2v) is 6.57. The summed E-state index contributed by atoms with van der Waals surface area (Å²) in [4.78, 5) is 12.6. The number of carbonyl (C=O) groups is 1. The lowest BCUT2D eigenvalue weighted by Gasteiger charge is -2.23. The normalized spacial score (nSPS) is 12.4. The molecule has 1 heterocycles. The minimum absolute atomic E-state index is 0.0702. The first-order chi connectivity index (χ1) is 12.1. The van der Waals surface area contributed by atoms with Gasteiger partial charge in [-0.3, -0.25) is 4.79 Å². The van der Waals surface area contributed by atoms with Gasteiger partial charge in [0.25, 0.3) is 5.91 Å². The van der Waals surface area contributed by atoms with Crippen LogP contribution in [-0.2, 0) is 6.54 Å². The molecule has 4 nitrogen and oxygen atoms in total. The average molecular weight is 336 g/mol. The molecule has 25 heavy (non-hydrogen) atoms. The van der Waals surface area contributed by atoms with Gasteiger partial charge in [-0.15, -0.1) is 0 Å². The van der Waals surface area contributed by atoms with Crippen LogP contribution in [0.15, 0.2) is 65.3 Å². The Morgan fingerprint density at radius 2 is 1.84 bits per heavy atom. The Labute approximate surface area is 148 Å². The minimum Gasteiger partial charge on any atom is -0.464 e. The molecule has 3 aromatic rings. The maximum absolute atomic E-state index is 12.6. The van der Waals surface area contributed by atoms with Gasteiger partial charge >= 0.3 is 0 Å². The van der Waals surface area contributed by atoms with E-state index < -0.39 is 0 Å². The van der Waals surface area contributed by atoms with Crippen LogP contribution < -0.4 is 10.6 Å². The molecule has 2 aromatic carbocycles. The predicted molar refractivity (Wildman–Crippen MR) is 100 cm³/mol. The molecule has 0 saturated carbocycles. The molecule has 0 saturated heterocycles. The van der Waals surface area contributed by atoms with Crippen molar-refractivity contribution in [3.8, 4) is 0 Å². The first-order valence-corrected chi connectivity index (χ1v) is 8.67. The highest BCUT2D eigenvalue weighted by molar-refractivity contribution is 6.05. The van der Waals surface area contributed by atoms with Gasteiger partial charge in [0.15, 0.2) is 0 Å². The molecule has 0 spiro atoms. The van der Waals surface area contributed by atoms with Gasteiger partial charge in [0.1, 0.15) is 5.58 Å². The summed E-state index contributed by atoms with van der Waals surface area (Å²) in [7, 11) is 0. The fourth-order valence-electron chi connectivity index (χ4n) is 2.88. The van der Waals surface area contributed by atoms with Crippen molar-refractivity contribution in [3.63, 3.8) is 0 Å². The van der Waals surface area contributed by atoms with Gasteiger partial charge in [-0.25, -0.2) is 0 Å². The molecular weight excluding hydrogens is 312 g/mol. The number of hydrogen-bond acceptors (Lipinski definition) is 3. The van der Waals surface area contributed by atoms with Gasteiger partial charge in [0.05, 0.1) is 11.8 Å². The van der Waals surface area contributed by atoms with Crippen molar-refractivity contribution in [2.45, 2.75) is 26.4 Å². The van der Waals surface area contributed by atoms with Gasteiger partial charge in [-0.2, -0.15) is 0 Å². The van der Waals surface area contributed by atoms with Gasteiger partial charge < -0.3 is 15.1 Å². The number of benzene rings is 2. The van der Waals surface area contributed by atoms with Crippen LogP contribution in [0.25, 0.3) is 11.0 Å². The topological polar surface area (TPSA) is 54.3 Å². The first kappa shape index (κ1) is 17.2. The van der Waals surface area contributed by atoms with Crippen LogP contribution in [0.4, 0.5) is 0 Å². The molecule has 1 aromatic heterocycles. The Hall–Kier alpha value is -2.59. The van der Waals surface area contributed by atoms with E-state index in [0.717, 1.165) is 17.5 Å². The number of hydrogen-bond donors (Lipinski definition) is 2. The SMILES string of the molecule is CC(C)[C@H](CNC(=O)c1cccc2occc12)NCc1ccccc1. The number of fused-ring (bicyclic) bond motifs is 1. The molecule has 0 unspecified atom stereocenters. The Morgan fingerprint density at radius 1 is 1.04 bits per heavy atom. The van der Waals surface area contributed by atoms with Crippen molar-refractivity contribution < 1.29 is 9.21 Å². The molecule has 0 aliphatic carbocycles. The lowest BCUT2D eigenvalue weighted by Crippen LogP contribution is -2.43. The molecule has 0 bridgehead atoms. The fourth-order valence-corrected chi connectivity index (χ4v) is 2.88. The Bertz CT molecular complexity index is 824. The standard InChI is InChI=1S/C21H24N2O2/c1-15(2)19(22-13-16-7-4-3-5-8-16)14-23-21(24)18-9-6-10-20-17(18)11-12-25-20/h3-12,15,19,22H,13-14H2,1-2H3,(H,23,24)/t19-/m0/s1. The molecule has 1 atom stereocenters. The molecule has 130 valence electrons. The number of carbonyl (C=O) groups excluding carboxylic acids is 1. The Morgan fingerprint density at radius 3 is 2.60 bits per heavy atom. The minimum atomic E-state index is -0.0702. The van der Waals surface area contributed by atoms with Crippen molar-refractivity contribution in [1.29, 1.82) is 0 Å². The maximum Gasteiger partial charge on any atom is 0.252 e. The van der Waals surface area contributed by atoms with E-state index in [1.807, 2.05) is 42.5 Å². The maximum atomic E-state index is 12.6. The average Bonchev–Trinajstić information content (AvgIpc) is 3.10. The number of nitrogens with one attached hydrogen (secondary N) is 2. The van der Waals surface area contributed by atoms with Crippen LogP contribution in [0.1, 0.15) is 29.8 Å². The Balaban J connectivity index is 1.61. The van der Waals surface area contributed by atoms with E-state index in [9.17, 15) is 4.79 Å². The molecule has 4 heteroatoms. The van der Waals surface area contributed by atoms with E-state index >= 15 is 0 Å². The van der Waals surface area contributed by atoms with E-state index in [1.54, 1.807) is 6.26 Å². The van der Waals surface area contributed by atoms with Gasteiger partial charge in [0.2, 0.25) is 0 Å². The van der Waals surface area contributed by atoms with Gasteiger partial charge in [-0.1, -0.05) is 50.2 Å². The highest BCUT2D eigenvalue weighted by Crippen LogP contribution is 2.19. The lowest BCUT2D eigenvalue weighted by molar-refractivity contribution is 0.0948. The fraction of sp³-hybridized carbons (Fsp3) is 0.286. The van der Waals surface area contributed by atoms with E-state index in [1.165, 1.54) is 5.56 Å². The summed E-state index contributed by atoms with van der Waals surface area (Å²) < 4.78 is 5.37. The third-order valence-electron chi connectivity index (χ3n) is 4.44. The number of furan rings is 1. The first-order valence-electron chi connectivity index (χ1n) is 8.67. The zero-order valence-electron chi connectivity index (χ0n) is 14.7. The second kappa shape index (κ2) is 7.99. The van der Waals surface area contributed by atoms with E-state index in [0.29, 0.717) is 18.0 Å². The predicted octanol–water partition coefficient (Wildman–Crippen LogP) is 3.98. The van der Waals surface area contributed by atoms with E-state index in [-0.39, 0.29) is 11.9 Å². The highest BCUT2D eigenvalue weighted by atomic mass is 16.3. The molecule has 0 radical (unpaired) electrons. The summed E-state index contributed by atoms with van der Waals surface area (Å²) in [5, 5.41) is 7.44. The van der Waals surface area contributed by atoms with Crippen LogP contribution in [0, 0.1) is 5.92 Å². The zero-order valence-corrected chi connectivity index (χ0v) is 14.7. The van der Waals surface area contributed by atoms with Crippen LogP contribution in [0.5, 0.6) is 0 Å². The summed E-state index contributed by atoms with van der Waals surface area (Å²) in [5.41, 5.74) is 2.62. The second-order valence-electron chi connectivity index (χ2n) is 6.57. The monoisotopic (exact) mass is 336 g/mol. The molecule has 0 aliphatic rings. The third kappa shape index (κ3) is 4.28. The van der Waals surface area contributed by atoms with Crippen molar-refractivity contribution >= 4 is 16.9 Å². The molecule has 2 N–H and O–H groups in total. The van der Waals surface area contributed by atoms with Crippen LogP contribution in [0.2, 0.25) is 0 Å². The molecule has 3 rings (SSSR count). The number of rotatable bonds is 7. The van der Waals surface area contributed by atoms with Crippen LogP contribution in [-0.4, -0.2) is 18.5 Å². The van der Waals surface area contributed by atoms with Crippen molar-refractivity contribution in [3.05, 3.63) is 72.0 Å². The van der Waals surface area contributed by atoms with Gasteiger partial charge in [-0.05, 0) is 29.7 Å². The van der Waals surface area contributed by atoms with E-state index in [4.69, 9.17) is 4.42 Å². The van der Waals surface area contributed by atoms with E-state index in [2.05, 4.69) is 36.6 Å². The van der Waals surface area contributed by atoms with Crippen molar-refractivity contribution in [2.75, 3.05) is 6.54 Å². The van der Waals surface area contributed by atoms with Crippen LogP contribution in [0.3, 0.4) is 0 Å². The smallest absolute Gasteiger partial charge is 0.252 e. The summed E-state index contributed by atoms with van der Waals surface area (Å²) in [6.07, 6.45) is 1.61. The molecule has 0 aliphatic heterocycles. The molecular formula is C21H24N2O2. The van der Waals surface area contributed by atoms with Crippen molar-refractivity contribution in [2.24, 2.45) is 5.92 Å². The zero-order chi connectivity index (χ0) is 17.6. The number of amides is 1. The summed E-state index contributed by atoms with van der Waals surface area (Å²) in [5.74, 6) is 0.341. The summed E-state index contributed by atoms with van der Waals surface area (Å²) in [6.45, 7) is 5.69. The van der Waals surface area contributed by atoms with Crippen LogP contribution >= 0.6 is 0 Å². The largest absolute Gasteiger partial charge is 0.464 e. The molecule has 1 amide bonds. The highest BCUT2D eigenvalue weighted by Gasteiger charge is 2.16.